The zero-order chi connectivity index (χ0) is 14.5. The van der Waals surface area contributed by atoms with E-state index >= 15 is 0 Å². The van der Waals surface area contributed by atoms with Gasteiger partial charge in [0.05, 0.1) is 11.6 Å². The molecule has 0 aliphatic carbocycles. The van der Waals surface area contributed by atoms with Gasteiger partial charge in [-0.3, -0.25) is 9.59 Å². The summed E-state index contributed by atoms with van der Waals surface area (Å²) in [6.45, 7) is 1.46. The lowest BCUT2D eigenvalue weighted by molar-refractivity contribution is -0.130. The lowest BCUT2D eigenvalue weighted by Gasteiger charge is -2.26. The fraction of sp³-hybridized carbons (Fsp3) is 0.462. The fourth-order valence-electron chi connectivity index (χ4n) is 2.07. The SMILES string of the molecule is O=C(NCC(=O)N1CCCCC1)c1nc(Cl)ccc1Cl. The summed E-state index contributed by atoms with van der Waals surface area (Å²) in [4.78, 5) is 29.5. The van der Waals surface area contributed by atoms with E-state index in [1.165, 1.54) is 12.1 Å². The summed E-state index contributed by atoms with van der Waals surface area (Å²) in [6.07, 6.45) is 3.18. The largest absolute Gasteiger partial charge is 0.342 e. The molecule has 0 spiro atoms. The van der Waals surface area contributed by atoms with Gasteiger partial charge in [0, 0.05) is 13.1 Å². The van der Waals surface area contributed by atoms with Crippen LogP contribution < -0.4 is 5.32 Å². The minimum Gasteiger partial charge on any atom is -0.342 e. The predicted octanol–water partition coefficient (Wildman–Crippen LogP) is 2.13. The molecule has 2 rings (SSSR count). The second-order valence-electron chi connectivity index (χ2n) is 4.59. The molecule has 2 amide bonds. The van der Waals surface area contributed by atoms with Gasteiger partial charge < -0.3 is 10.2 Å². The fourth-order valence-corrected chi connectivity index (χ4v) is 2.41. The quantitative estimate of drug-likeness (QED) is 0.869. The van der Waals surface area contributed by atoms with E-state index < -0.39 is 5.91 Å². The number of likely N-dealkylation sites (tertiary alicyclic amines) is 1. The number of halogens is 2. The number of carbonyl (C=O) groups is 2. The van der Waals surface area contributed by atoms with Crippen LogP contribution in [0.2, 0.25) is 10.2 Å². The van der Waals surface area contributed by atoms with Crippen molar-refractivity contribution in [3.63, 3.8) is 0 Å². The number of hydrogen-bond donors (Lipinski definition) is 1. The summed E-state index contributed by atoms with van der Waals surface area (Å²) in [5.74, 6) is -0.584. The number of piperidine rings is 1. The molecule has 1 aromatic rings. The van der Waals surface area contributed by atoms with Gasteiger partial charge in [0.15, 0.2) is 0 Å². The molecule has 108 valence electrons. The highest BCUT2D eigenvalue weighted by Crippen LogP contribution is 2.16. The zero-order valence-corrected chi connectivity index (χ0v) is 12.4. The monoisotopic (exact) mass is 315 g/mol. The molecule has 7 heteroatoms. The molecule has 1 aromatic heterocycles. The Labute approximate surface area is 127 Å². The van der Waals surface area contributed by atoms with Gasteiger partial charge in [0.2, 0.25) is 5.91 Å². The van der Waals surface area contributed by atoms with Crippen LogP contribution in [0.4, 0.5) is 0 Å². The molecule has 20 heavy (non-hydrogen) atoms. The van der Waals surface area contributed by atoms with Crippen LogP contribution in [0.15, 0.2) is 12.1 Å². The van der Waals surface area contributed by atoms with Crippen LogP contribution in [0.5, 0.6) is 0 Å². The Bertz CT molecular complexity index is 516. The minimum absolute atomic E-state index is 0.0330. The number of carbonyl (C=O) groups excluding carboxylic acids is 2. The van der Waals surface area contributed by atoms with Crippen LogP contribution in [-0.4, -0.2) is 41.3 Å². The molecule has 0 saturated carbocycles. The highest BCUT2D eigenvalue weighted by atomic mass is 35.5. The third-order valence-electron chi connectivity index (χ3n) is 3.14. The topological polar surface area (TPSA) is 62.3 Å². The maximum absolute atomic E-state index is 11.9. The van der Waals surface area contributed by atoms with Crippen molar-refractivity contribution < 1.29 is 9.59 Å². The van der Waals surface area contributed by atoms with Crippen LogP contribution in [0.1, 0.15) is 29.8 Å². The van der Waals surface area contributed by atoms with Crippen molar-refractivity contribution in [3.8, 4) is 0 Å². The Balaban J connectivity index is 1.91. The van der Waals surface area contributed by atoms with E-state index in [1.807, 2.05) is 0 Å². The van der Waals surface area contributed by atoms with Crippen LogP contribution in [0, 0.1) is 0 Å². The normalized spacial score (nSPS) is 15.0. The molecule has 0 aromatic carbocycles. The first-order chi connectivity index (χ1) is 9.58. The van der Waals surface area contributed by atoms with Crippen LogP contribution in [0.25, 0.3) is 0 Å². The molecule has 1 fully saturated rings. The van der Waals surface area contributed by atoms with E-state index in [0.29, 0.717) is 0 Å². The lowest BCUT2D eigenvalue weighted by Crippen LogP contribution is -2.42. The third kappa shape index (κ3) is 3.84. The van der Waals surface area contributed by atoms with Crippen molar-refractivity contribution in [1.29, 1.82) is 0 Å². The van der Waals surface area contributed by atoms with Gasteiger partial charge in [-0.15, -0.1) is 0 Å². The van der Waals surface area contributed by atoms with Gasteiger partial charge in [-0.1, -0.05) is 23.2 Å². The number of rotatable bonds is 3. The van der Waals surface area contributed by atoms with Gasteiger partial charge in [0.25, 0.3) is 5.91 Å². The third-order valence-corrected chi connectivity index (χ3v) is 3.65. The van der Waals surface area contributed by atoms with E-state index in [2.05, 4.69) is 10.3 Å². The van der Waals surface area contributed by atoms with E-state index in [9.17, 15) is 9.59 Å². The molecule has 0 atom stereocenters. The van der Waals surface area contributed by atoms with Gasteiger partial charge in [0.1, 0.15) is 10.8 Å². The van der Waals surface area contributed by atoms with Crippen LogP contribution >= 0.6 is 23.2 Å². The Hall–Kier alpha value is -1.33. The van der Waals surface area contributed by atoms with Crippen molar-refractivity contribution in [2.24, 2.45) is 0 Å². The number of pyridine rings is 1. The van der Waals surface area contributed by atoms with Gasteiger partial charge in [-0.25, -0.2) is 4.98 Å². The highest BCUT2D eigenvalue weighted by molar-refractivity contribution is 6.34. The maximum Gasteiger partial charge on any atom is 0.271 e. The molecule has 1 N–H and O–H groups in total. The van der Waals surface area contributed by atoms with Gasteiger partial charge in [-0.2, -0.15) is 0 Å². The van der Waals surface area contributed by atoms with E-state index in [1.54, 1.807) is 4.90 Å². The van der Waals surface area contributed by atoms with Gasteiger partial charge in [-0.05, 0) is 31.4 Å². The van der Waals surface area contributed by atoms with Crippen molar-refractivity contribution in [2.45, 2.75) is 19.3 Å². The number of nitrogens with one attached hydrogen (secondary N) is 1. The average molecular weight is 316 g/mol. The zero-order valence-electron chi connectivity index (χ0n) is 10.9. The summed E-state index contributed by atoms with van der Waals surface area (Å²) in [5.41, 5.74) is 0.0330. The Kier molecular flexibility index (Phi) is 5.20. The molecule has 0 bridgehead atoms. The van der Waals surface area contributed by atoms with Crippen molar-refractivity contribution >= 4 is 35.0 Å². The summed E-state index contributed by atoms with van der Waals surface area (Å²) in [7, 11) is 0. The smallest absolute Gasteiger partial charge is 0.271 e. The van der Waals surface area contributed by atoms with E-state index in [4.69, 9.17) is 23.2 Å². The second kappa shape index (κ2) is 6.90. The minimum atomic E-state index is -0.497. The molecule has 1 aliphatic heterocycles. The molecule has 0 unspecified atom stereocenters. The number of nitrogens with zero attached hydrogens (tertiary/aromatic N) is 2. The first-order valence-electron chi connectivity index (χ1n) is 6.46. The molecular weight excluding hydrogens is 301 g/mol. The van der Waals surface area contributed by atoms with E-state index in [0.717, 1.165) is 32.4 Å². The standard InChI is InChI=1S/C13H15Cl2N3O2/c14-9-4-5-10(15)17-12(9)13(20)16-8-11(19)18-6-2-1-3-7-18/h4-5H,1-3,6-8H2,(H,16,20). The second-order valence-corrected chi connectivity index (χ2v) is 5.38. The summed E-state index contributed by atoms with van der Waals surface area (Å²) in [5, 5.41) is 2.92. The molecule has 5 nitrogen and oxygen atoms in total. The molecule has 1 aliphatic rings. The summed E-state index contributed by atoms with van der Waals surface area (Å²) >= 11 is 11.6. The Morgan fingerprint density at radius 1 is 1.20 bits per heavy atom. The average Bonchev–Trinajstić information content (AvgIpc) is 2.47. The Morgan fingerprint density at radius 2 is 1.90 bits per heavy atom. The summed E-state index contributed by atoms with van der Waals surface area (Å²) in [6, 6.07) is 3.00. The van der Waals surface area contributed by atoms with Crippen LogP contribution in [0.3, 0.4) is 0 Å². The van der Waals surface area contributed by atoms with Gasteiger partial charge >= 0.3 is 0 Å². The molecule has 0 radical (unpaired) electrons. The lowest BCUT2D eigenvalue weighted by atomic mass is 10.1. The van der Waals surface area contributed by atoms with Crippen molar-refractivity contribution in [3.05, 3.63) is 28.0 Å². The molecule has 2 heterocycles. The highest BCUT2D eigenvalue weighted by Gasteiger charge is 2.18. The van der Waals surface area contributed by atoms with Crippen molar-refractivity contribution in [1.82, 2.24) is 15.2 Å². The van der Waals surface area contributed by atoms with E-state index in [-0.39, 0.29) is 28.3 Å². The summed E-state index contributed by atoms with van der Waals surface area (Å²) < 4.78 is 0. The number of aromatic nitrogens is 1. The first kappa shape index (κ1) is 15.1. The molecular formula is C13H15Cl2N3O2. The van der Waals surface area contributed by atoms with Crippen molar-refractivity contribution in [2.75, 3.05) is 19.6 Å². The Morgan fingerprint density at radius 3 is 2.60 bits per heavy atom. The predicted molar refractivity (Wildman–Crippen MR) is 77.0 cm³/mol. The van der Waals surface area contributed by atoms with Crippen LogP contribution in [-0.2, 0) is 4.79 Å². The number of amides is 2. The maximum atomic E-state index is 11.9. The molecule has 1 saturated heterocycles. The number of hydrogen-bond acceptors (Lipinski definition) is 3. The first-order valence-corrected chi connectivity index (χ1v) is 7.21.